The highest BCUT2D eigenvalue weighted by Gasteiger charge is 2.26. The van der Waals surface area contributed by atoms with E-state index in [9.17, 15) is 4.79 Å². The zero-order chi connectivity index (χ0) is 20.7. The smallest absolute Gasteiger partial charge is 0.252 e. The van der Waals surface area contributed by atoms with Gasteiger partial charge >= 0.3 is 0 Å². The first-order valence-corrected chi connectivity index (χ1v) is 10.2. The summed E-state index contributed by atoms with van der Waals surface area (Å²) < 4.78 is 0. The lowest BCUT2D eigenvalue weighted by atomic mass is 9.96. The molecule has 1 aliphatic heterocycles. The second kappa shape index (κ2) is 10.7. The summed E-state index contributed by atoms with van der Waals surface area (Å²) in [5.74, 6) is 1.00. The van der Waals surface area contributed by atoms with Gasteiger partial charge < -0.3 is 5.32 Å². The molecule has 1 heterocycles. The van der Waals surface area contributed by atoms with Gasteiger partial charge in [0.2, 0.25) is 0 Å². The van der Waals surface area contributed by atoms with Gasteiger partial charge in [-0.1, -0.05) is 36.2 Å². The molecule has 0 aromatic heterocycles. The van der Waals surface area contributed by atoms with Gasteiger partial charge in [0, 0.05) is 25.3 Å². The molecule has 1 saturated heterocycles. The first-order chi connectivity index (χ1) is 13.3. The van der Waals surface area contributed by atoms with E-state index < -0.39 is 0 Å². The molecule has 1 aromatic rings. The van der Waals surface area contributed by atoms with Crippen LogP contribution in [0.1, 0.15) is 44.0 Å². The fourth-order valence-corrected chi connectivity index (χ4v) is 3.76. The van der Waals surface area contributed by atoms with Gasteiger partial charge in [0.25, 0.3) is 5.91 Å². The molecule has 0 bridgehead atoms. The van der Waals surface area contributed by atoms with Crippen LogP contribution in [0.25, 0.3) is 0 Å². The van der Waals surface area contributed by atoms with E-state index in [1.165, 1.54) is 6.42 Å². The molecule has 1 aromatic carbocycles. The minimum absolute atomic E-state index is 0.0472. The Morgan fingerprint density at radius 2 is 2.18 bits per heavy atom. The number of amidine groups is 1. The Labute approximate surface area is 177 Å². The highest BCUT2D eigenvalue weighted by atomic mass is 35.5. The first-order valence-electron chi connectivity index (χ1n) is 9.47. The molecule has 7 heteroatoms. The Balaban J connectivity index is 2.18. The zero-order valence-electron chi connectivity index (χ0n) is 16.7. The number of benzene rings is 1. The number of rotatable bonds is 6. The SMILES string of the molecule is C=N/C(C)=N\C=C(/C)C(CNC(=O)c1cccc(Cl)c1Cl)N1CCCC(C)C1. The normalized spacial score (nSPS) is 20.0. The number of hydrogen-bond donors (Lipinski definition) is 1. The van der Waals surface area contributed by atoms with Crippen LogP contribution < -0.4 is 5.32 Å². The number of nitrogens with one attached hydrogen (secondary N) is 1. The maximum Gasteiger partial charge on any atom is 0.252 e. The average Bonchev–Trinajstić information content (AvgIpc) is 2.68. The van der Waals surface area contributed by atoms with Crippen LogP contribution in [-0.2, 0) is 0 Å². The van der Waals surface area contributed by atoms with Crippen molar-refractivity contribution in [3.63, 3.8) is 0 Å². The van der Waals surface area contributed by atoms with Crippen molar-refractivity contribution in [3.8, 4) is 0 Å². The summed E-state index contributed by atoms with van der Waals surface area (Å²) >= 11 is 12.2. The molecule has 2 rings (SSSR count). The molecule has 2 atom stereocenters. The van der Waals surface area contributed by atoms with Crippen molar-refractivity contribution >= 4 is 41.7 Å². The highest BCUT2D eigenvalue weighted by Crippen LogP contribution is 2.26. The molecule has 0 saturated carbocycles. The van der Waals surface area contributed by atoms with Gasteiger partial charge in [0.15, 0.2) is 0 Å². The van der Waals surface area contributed by atoms with Crippen LogP contribution in [0.3, 0.4) is 0 Å². The summed E-state index contributed by atoms with van der Waals surface area (Å²) in [6.45, 7) is 12.0. The second-order valence-electron chi connectivity index (χ2n) is 7.28. The van der Waals surface area contributed by atoms with Crippen molar-refractivity contribution in [1.29, 1.82) is 0 Å². The molecular weight excluding hydrogens is 395 g/mol. The number of carbonyl (C=O) groups is 1. The van der Waals surface area contributed by atoms with E-state index in [0.717, 1.165) is 25.1 Å². The number of aliphatic imine (C=N–C) groups is 2. The molecule has 1 N–H and O–H groups in total. The van der Waals surface area contributed by atoms with E-state index in [1.807, 2.05) is 13.1 Å². The third kappa shape index (κ3) is 6.16. The predicted molar refractivity (Wildman–Crippen MR) is 119 cm³/mol. The molecule has 152 valence electrons. The topological polar surface area (TPSA) is 57.1 Å². The van der Waals surface area contributed by atoms with Crippen molar-refractivity contribution in [2.24, 2.45) is 15.9 Å². The maximum atomic E-state index is 12.7. The van der Waals surface area contributed by atoms with Gasteiger partial charge in [-0.2, -0.15) is 0 Å². The van der Waals surface area contributed by atoms with Crippen LogP contribution in [-0.4, -0.2) is 49.0 Å². The zero-order valence-corrected chi connectivity index (χ0v) is 18.2. The molecule has 1 amide bonds. The lowest BCUT2D eigenvalue weighted by molar-refractivity contribution is 0.0925. The average molecular weight is 423 g/mol. The summed E-state index contributed by atoms with van der Waals surface area (Å²) in [7, 11) is 0. The van der Waals surface area contributed by atoms with Crippen molar-refractivity contribution in [3.05, 3.63) is 45.6 Å². The van der Waals surface area contributed by atoms with E-state index >= 15 is 0 Å². The van der Waals surface area contributed by atoms with Gasteiger partial charge in [-0.25, -0.2) is 9.98 Å². The van der Waals surface area contributed by atoms with Crippen LogP contribution in [0.4, 0.5) is 0 Å². The minimum Gasteiger partial charge on any atom is -0.350 e. The molecular formula is C21H28Cl2N4O. The summed E-state index contributed by atoms with van der Waals surface area (Å²) in [5, 5.41) is 3.65. The number of halogens is 2. The fraction of sp³-hybridized carbons (Fsp3) is 0.476. The van der Waals surface area contributed by atoms with Crippen LogP contribution in [0.2, 0.25) is 10.0 Å². The van der Waals surface area contributed by atoms with E-state index in [0.29, 0.717) is 28.9 Å². The van der Waals surface area contributed by atoms with Crippen LogP contribution in [0.5, 0.6) is 0 Å². The van der Waals surface area contributed by atoms with Gasteiger partial charge in [-0.15, -0.1) is 0 Å². The third-order valence-electron chi connectivity index (χ3n) is 4.99. The largest absolute Gasteiger partial charge is 0.350 e. The van der Waals surface area contributed by atoms with Crippen molar-refractivity contribution in [2.45, 2.75) is 39.7 Å². The number of likely N-dealkylation sites (tertiary alicyclic amines) is 1. The molecule has 28 heavy (non-hydrogen) atoms. The molecule has 0 spiro atoms. The first kappa shape index (κ1) is 22.6. The van der Waals surface area contributed by atoms with Crippen molar-refractivity contribution in [1.82, 2.24) is 10.2 Å². The molecule has 0 radical (unpaired) electrons. The lowest BCUT2D eigenvalue weighted by Crippen LogP contribution is -2.48. The third-order valence-corrected chi connectivity index (χ3v) is 5.81. The quantitative estimate of drug-likeness (QED) is 0.526. The predicted octanol–water partition coefficient (Wildman–Crippen LogP) is 4.85. The Bertz CT molecular complexity index is 776. The number of amides is 1. The van der Waals surface area contributed by atoms with Gasteiger partial charge in [0.05, 0.1) is 15.6 Å². The maximum absolute atomic E-state index is 12.7. The monoisotopic (exact) mass is 422 g/mol. The standard InChI is InChI=1S/C21H28Cl2N4O/c1-14-7-6-10-27(13-14)19(15(2)11-25-16(3)24-4)12-26-21(28)17-8-5-9-18(22)20(17)23/h5,8-9,11,14,19H,4,6-7,10,12-13H2,1-3H3,(H,26,28)/b15-11+,25-16-. The second-order valence-corrected chi connectivity index (χ2v) is 8.06. The van der Waals surface area contributed by atoms with E-state index in [2.05, 4.69) is 33.8 Å². The Hall–Kier alpha value is -1.69. The van der Waals surface area contributed by atoms with Crippen LogP contribution in [0.15, 0.2) is 40.0 Å². The fourth-order valence-electron chi connectivity index (χ4n) is 3.37. The van der Waals surface area contributed by atoms with Gasteiger partial charge in [-0.05, 0) is 63.6 Å². The molecule has 1 fully saturated rings. The molecule has 0 aliphatic carbocycles. The highest BCUT2D eigenvalue weighted by molar-refractivity contribution is 6.43. The number of carbonyl (C=O) groups excluding carboxylic acids is 1. The summed E-state index contributed by atoms with van der Waals surface area (Å²) in [5.41, 5.74) is 1.45. The van der Waals surface area contributed by atoms with Gasteiger partial charge in [0.1, 0.15) is 5.84 Å². The van der Waals surface area contributed by atoms with E-state index in [4.69, 9.17) is 23.2 Å². The number of piperidine rings is 1. The summed E-state index contributed by atoms with van der Waals surface area (Å²) in [4.78, 5) is 23.2. The van der Waals surface area contributed by atoms with Gasteiger partial charge in [-0.3, -0.25) is 9.69 Å². The van der Waals surface area contributed by atoms with Crippen LogP contribution in [0, 0.1) is 5.92 Å². The van der Waals surface area contributed by atoms with Crippen molar-refractivity contribution < 1.29 is 4.79 Å². The molecule has 2 unspecified atom stereocenters. The Morgan fingerprint density at radius 1 is 1.43 bits per heavy atom. The van der Waals surface area contributed by atoms with Crippen molar-refractivity contribution in [2.75, 3.05) is 19.6 Å². The Morgan fingerprint density at radius 3 is 2.86 bits per heavy atom. The van der Waals surface area contributed by atoms with E-state index in [1.54, 1.807) is 25.1 Å². The van der Waals surface area contributed by atoms with E-state index in [-0.39, 0.29) is 17.0 Å². The molecule has 1 aliphatic rings. The van der Waals surface area contributed by atoms with Crippen LogP contribution >= 0.6 is 23.2 Å². The minimum atomic E-state index is -0.234. The lowest BCUT2D eigenvalue weighted by Gasteiger charge is -2.37. The Kier molecular flexibility index (Phi) is 8.67. The number of nitrogens with zero attached hydrogens (tertiary/aromatic N) is 3. The number of hydrogen-bond acceptors (Lipinski definition) is 3. The summed E-state index contributed by atoms with van der Waals surface area (Å²) in [6, 6.07) is 5.11. The molecule has 5 nitrogen and oxygen atoms in total. The summed E-state index contributed by atoms with van der Waals surface area (Å²) in [6.07, 6.45) is 4.19.